The van der Waals surface area contributed by atoms with E-state index in [1.54, 1.807) is 18.9 Å². The lowest BCUT2D eigenvalue weighted by atomic mass is 10.1. The molecule has 0 radical (unpaired) electrons. The number of likely N-dealkylation sites (tertiary alicyclic amines) is 1. The Bertz CT molecular complexity index is 1030. The van der Waals surface area contributed by atoms with Gasteiger partial charge >= 0.3 is 0 Å². The first kappa shape index (κ1) is 21.9. The number of amides is 1. The van der Waals surface area contributed by atoms with Crippen LogP contribution in [0.5, 0.6) is 0 Å². The van der Waals surface area contributed by atoms with Crippen LogP contribution in [0.2, 0.25) is 5.02 Å². The largest absolute Gasteiger partial charge is 0.383 e. The number of methoxy groups -OCH3 is 1. The average Bonchev–Trinajstić information content (AvgIpc) is 3.47. The molecule has 1 aromatic heterocycles. The number of halogens is 1. The van der Waals surface area contributed by atoms with Crippen LogP contribution in [0.3, 0.4) is 0 Å². The molecule has 4 rings (SSSR count). The first-order valence-electron chi connectivity index (χ1n) is 10.4. The van der Waals surface area contributed by atoms with Crippen LogP contribution in [0.1, 0.15) is 28.8 Å². The molecule has 3 aromatic rings. The zero-order valence-electron chi connectivity index (χ0n) is 17.5. The molecular formula is C23H25ClN4O2S. The highest BCUT2D eigenvalue weighted by atomic mass is 35.5. The fourth-order valence-corrected chi connectivity index (χ4v) is 4.76. The Morgan fingerprint density at radius 1 is 1.10 bits per heavy atom. The molecule has 0 bridgehead atoms. The Kier molecular flexibility index (Phi) is 7.27. The summed E-state index contributed by atoms with van der Waals surface area (Å²) in [6.45, 7) is 2.91. The van der Waals surface area contributed by atoms with Gasteiger partial charge in [0, 0.05) is 37.1 Å². The van der Waals surface area contributed by atoms with Crippen molar-refractivity contribution in [1.29, 1.82) is 0 Å². The molecule has 1 aliphatic rings. The topological polar surface area (TPSA) is 60.2 Å². The van der Waals surface area contributed by atoms with E-state index >= 15 is 0 Å². The van der Waals surface area contributed by atoms with Gasteiger partial charge in [-0.05, 0) is 42.7 Å². The Morgan fingerprint density at radius 2 is 1.84 bits per heavy atom. The number of benzene rings is 2. The Morgan fingerprint density at radius 3 is 2.55 bits per heavy atom. The molecule has 31 heavy (non-hydrogen) atoms. The molecule has 0 aliphatic carbocycles. The Hall–Kier alpha value is -2.35. The third-order valence-corrected chi connectivity index (χ3v) is 6.68. The van der Waals surface area contributed by atoms with E-state index < -0.39 is 0 Å². The predicted octanol–water partition coefficient (Wildman–Crippen LogP) is 4.77. The minimum absolute atomic E-state index is 0.125. The van der Waals surface area contributed by atoms with E-state index in [1.165, 1.54) is 0 Å². The van der Waals surface area contributed by atoms with E-state index in [4.69, 9.17) is 16.3 Å². The summed E-state index contributed by atoms with van der Waals surface area (Å²) in [6, 6.07) is 15.5. The highest BCUT2D eigenvalue weighted by molar-refractivity contribution is 7.98. The molecule has 0 unspecified atom stereocenters. The zero-order chi connectivity index (χ0) is 21.6. The fourth-order valence-electron chi connectivity index (χ4n) is 3.62. The number of aromatic nitrogens is 3. The molecule has 0 spiro atoms. The van der Waals surface area contributed by atoms with Crippen molar-refractivity contribution in [3.05, 3.63) is 64.7 Å². The third kappa shape index (κ3) is 5.11. The van der Waals surface area contributed by atoms with Gasteiger partial charge in [-0.1, -0.05) is 47.6 Å². The van der Waals surface area contributed by atoms with Crippen LogP contribution < -0.4 is 0 Å². The van der Waals surface area contributed by atoms with Crippen LogP contribution >= 0.6 is 23.4 Å². The van der Waals surface area contributed by atoms with Crippen molar-refractivity contribution >= 4 is 29.3 Å². The predicted molar refractivity (Wildman–Crippen MR) is 123 cm³/mol. The fraction of sp³-hybridized carbons (Fsp3) is 0.348. The third-order valence-electron chi connectivity index (χ3n) is 5.31. The van der Waals surface area contributed by atoms with Gasteiger partial charge in [-0.2, -0.15) is 0 Å². The van der Waals surface area contributed by atoms with Crippen LogP contribution in [-0.2, 0) is 17.0 Å². The molecule has 8 heteroatoms. The number of hydrogen-bond acceptors (Lipinski definition) is 5. The maximum absolute atomic E-state index is 12.5. The molecule has 0 atom stereocenters. The van der Waals surface area contributed by atoms with E-state index in [0.717, 1.165) is 59.4 Å². The van der Waals surface area contributed by atoms with Gasteiger partial charge in [0.05, 0.1) is 18.2 Å². The summed E-state index contributed by atoms with van der Waals surface area (Å²) in [4.78, 5) is 14.5. The SMILES string of the molecule is COCCn1c(SCc2ccc(C(=O)N3CCCC3)cc2)nnc1-c1ccccc1Cl. The molecule has 1 amide bonds. The standard InChI is InChI=1S/C23H25ClN4O2S/c1-30-15-14-28-21(19-6-2-3-7-20(19)24)25-26-23(28)31-16-17-8-10-18(11-9-17)22(29)27-12-4-5-13-27/h2-3,6-11H,4-5,12-16H2,1H3. The van der Waals surface area contributed by atoms with Gasteiger partial charge in [-0.3, -0.25) is 9.36 Å². The second-order valence-electron chi connectivity index (χ2n) is 7.42. The number of nitrogens with zero attached hydrogens (tertiary/aromatic N) is 4. The lowest BCUT2D eigenvalue weighted by Crippen LogP contribution is -2.27. The van der Waals surface area contributed by atoms with Crippen molar-refractivity contribution in [3.63, 3.8) is 0 Å². The van der Waals surface area contributed by atoms with E-state index in [-0.39, 0.29) is 5.91 Å². The van der Waals surface area contributed by atoms with Gasteiger partial charge in [0.25, 0.3) is 5.91 Å². The summed E-state index contributed by atoms with van der Waals surface area (Å²) < 4.78 is 7.32. The van der Waals surface area contributed by atoms with Crippen LogP contribution in [0.15, 0.2) is 53.7 Å². The molecule has 2 aromatic carbocycles. The summed E-state index contributed by atoms with van der Waals surface area (Å²) in [5, 5.41) is 10.2. The van der Waals surface area contributed by atoms with Crippen LogP contribution in [0, 0.1) is 0 Å². The van der Waals surface area contributed by atoms with E-state index in [1.807, 2.05) is 58.0 Å². The van der Waals surface area contributed by atoms with Gasteiger partial charge < -0.3 is 9.64 Å². The monoisotopic (exact) mass is 456 g/mol. The summed E-state index contributed by atoms with van der Waals surface area (Å²) >= 11 is 7.99. The second-order valence-corrected chi connectivity index (χ2v) is 8.77. The molecule has 2 heterocycles. The number of carbonyl (C=O) groups is 1. The van der Waals surface area contributed by atoms with Gasteiger partial charge in [-0.25, -0.2) is 0 Å². The van der Waals surface area contributed by atoms with Crippen LogP contribution in [0.4, 0.5) is 0 Å². The van der Waals surface area contributed by atoms with Gasteiger partial charge in [0.15, 0.2) is 11.0 Å². The minimum atomic E-state index is 0.125. The van der Waals surface area contributed by atoms with Crippen molar-refractivity contribution in [2.75, 3.05) is 26.8 Å². The minimum Gasteiger partial charge on any atom is -0.383 e. The lowest BCUT2D eigenvalue weighted by molar-refractivity contribution is 0.0793. The van der Waals surface area contributed by atoms with E-state index in [0.29, 0.717) is 18.2 Å². The average molecular weight is 457 g/mol. The van der Waals surface area contributed by atoms with Crippen LogP contribution in [-0.4, -0.2) is 52.4 Å². The molecule has 162 valence electrons. The molecule has 0 saturated carbocycles. The maximum atomic E-state index is 12.5. The van der Waals surface area contributed by atoms with Gasteiger partial charge in [0.1, 0.15) is 0 Å². The summed E-state index contributed by atoms with van der Waals surface area (Å²) in [6.07, 6.45) is 2.20. The molecule has 1 fully saturated rings. The highest BCUT2D eigenvalue weighted by Gasteiger charge is 2.19. The normalized spacial score (nSPS) is 13.7. The van der Waals surface area contributed by atoms with Crippen molar-refractivity contribution in [1.82, 2.24) is 19.7 Å². The highest BCUT2D eigenvalue weighted by Crippen LogP contribution is 2.30. The van der Waals surface area contributed by atoms with Crippen molar-refractivity contribution in [3.8, 4) is 11.4 Å². The summed E-state index contributed by atoms with van der Waals surface area (Å²) in [5.74, 6) is 1.59. The zero-order valence-corrected chi connectivity index (χ0v) is 19.0. The quantitative estimate of drug-likeness (QED) is 0.457. The Labute approximate surface area is 191 Å². The van der Waals surface area contributed by atoms with Crippen molar-refractivity contribution in [2.24, 2.45) is 0 Å². The van der Waals surface area contributed by atoms with E-state index in [2.05, 4.69) is 10.2 Å². The molecule has 1 saturated heterocycles. The molecule has 1 aliphatic heterocycles. The first-order chi connectivity index (χ1) is 15.2. The smallest absolute Gasteiger partial charge is 0.253 e. The maximum Gasteiger partial charge on any atom is 0.253 e. The lowest BCUT2D eigenvalue weighted by Gasteiger charge is -2.15. The number of hydrogen-bond donors (Lipinski definition) is 0. The number of ether oxygens (including phenoxy) is 1. The number of carbonyl (C=O) groups excluding carboxylic acids is 1. The van der Waals surface area contributed by atoms with Crippen LogP contribution in [0.25, 0.3) is 11.4 Å². The van der Waals surface area contributed by atoms with Gasteiger partial charge in [-0.15, -0.1) is 10.2 Å². The second kappa shape index (κ2) is 10.3. The molecule has 0 N–H and O–H groups in total. The van der Waals surface area contributed by atoms with E-state index in [9.17, 15) is 4.79 Å². The van der Waals surface area contributed by atoms with Gasteiger partial charge in [0.2, 0.25) is 0 Å². The number of rotatable bonds is 8. The summed E-state index contributed by atoms with van der Waals surface area (Å²) in [7, 11) is 1.68. The first-order valence-corrected chi connectivity index (χ1v) is 11.7. The van der Waals surface area contributed by atoms with Crippen molar-refractivity contribution < 1.29 is 9.53 Å². The van der Waals surface area contributed by atoms with Crippen molar-refractivity contribution in [2.45, 2.75) is 30.3 Å². The number of thioether (sulfide) groups is 1. The molecule has 6 nitrogen and oxygen atoms in total. The molecular weight excluding hydrogens is 432 g/mol. The summed E-state index contributed by atoms with van der Waals surface area (Å²) in [5.41, 5.74) is 2.73. The Balaban J connectivity index is 1.48.